The van der Waals surface area contributed by atoms with Crippen LogP contribution < -0.4 is 0 Å². The second kappa shape index (κ2) is 27.1. The van der Waals surface area contributed by atoms with Gasteiger partial charge in [0.15, 0.2) is 0 Å². The molecule has 0 radical (unpaired) electrons. The second-order valence-corrected chi connectivity index (χ2v) is 35.6. The lowest BCUT2D eigenvalue weighted by Gasteiger charge is -2.59. The van der Waals surface area contributed by atoms with E-state index < -0.39 is 0 Å². The van der Waals surface area contributed by atoms with Crippen LogP contribution in [0.4, 0.5) is 0 Å². The first kappa shape index (κ1) is 68.8. The van der Waals surface area contributed by atoms with E-state index in [0.29, 0.717) is 60.2 Å². The summed E-state index contributed by atoms with van der Waals surface area (Å²) in [6, 6.07) is 0. The Labute approximate surface area is 490 Å². The molecule has 9 nitrogen and oxygen atoms in total. The van der Waals surface area contributed by atoms with Crippen molar-refractivity contribution in [2.45, 2.75) is 269 Å². The van der Waals surface area contributed by atoms with E-state index in [0.717, 1.165) is 58.3 Å². The number of rotatable bonds is 0. The Bertz CT molecular complexity index is 1710. The summed E-state index contributed by atoms with van der Waals surface area (Å²) >= 11 is 2.16. The van der Waals surface area contributed by atoms with Crippen molar-refractivity contribution in [1.82, 2.24) is 24.5 Å². The minimum Gasteiger partial charge on any atom is -0.381 e. The molecule has 6 spiro atoms. The standard InChI is InChI=1S/2C12H23NO.C11H21NO.C11H21NS.C9H17NO.C7H12.C5H12.CH4/c1-11(2,3)13-7-4-12(5-8-13)6-9-14-10-12;1-11(2,3)13-7-4-5-12(9-13)6-8-14-10-12;1-10(2,3)12-6-4-11(5-7-12)8-13-9-11;1-10(2,3)12-6-4-11(8-12)5-7-13-9-11;1-8(2,3)10-4-9(5-10)6-11-7-9;1-2-4-7(3-1)5-6-7;1-5(2,3)4;/h2*4-10H2,1-3H3;2*4-9H2,1-3H3;4-7H2,1-3H3;1-6H2;1-4H3;1H4. The third-order valence-electron chi connectivity index (χ3n) is 20.4. The topological polar surface area (TPSA) is 53.1 Å². The van der Waals surface area contributed by atoms with Crippen LogP contribution in [-0.2, 0) is 18.9 Å². The Morgan fingerprint density at radius 1 is 0.295 bits per heavy atom. The molecule has 0 aromatic carbocycles. The maximum Gasteiger partial charge on any atom is 0.0569 e. The van der Waals surface area contributed by atoms with Crippen LogP contribution >= 0.6 is 11.8 Å². The first-order valence-corrected chi connectivity index (χ1v) is 33.3. The van der Waals surface area contributed by atoms with E-state index in [9.17, 15) is 0 Å². The number of hydrogen-bond donors (Lipinski definition) is 0. The monoisotopic (exact) mass is 1120 g/mol. The van der Waals surface area contributed by atoms with Crippen molar-refractivity contribution in [2.24, 2.45) is 37.9 Å². The van der Waals surface area contributed by atoms with Gasteiger partial charge in [0.2, 0.25) is 0 Å². The Morgan fingerprint density at radius 2 is 0.641 bits per heavy atom. The zero-order chi connectivity index (χ0) is 56.9. The van der Waals surface area contributed by atoms with Gasteiger partial charge in [-0.05, 0) is 260 Å². The van der Waals surface area contributed by atoms with Crippen molar-refractivity contribution in [3.05, 3.63) is 0 Å². The van der Waals surface area contributed by atoms with Crippen LogP contribution in [-0.4, -0.2) is 182 Å². The lowest BCUT2D eigenvalue weighted by Crippen LogP contribution is -2.69. The van der Waals surface area contributed by atoms with E-state index in [2.05, 4.69) is 168 Å². The number of thioether (sulfide) groups is 1. The summed E-state index contributed by atoms with van der Waals surface area (Å²) in [5, 5.41) is 0. The largest absolute Gasteiger partial charge is 0.381 e. The molecule has 2 aliphatic carbocycles. The van der Waals surface area contributed by atoms with Gasteiger partial charge in [-0.15, -0.1) is 0 Å². The minimum atomic E-state index is 0. The van der Waals surface area contributed by atoms with Crippen LogP contribution in [0.2, 0.25) is 0 Å². The normalized spacial score (nSPS) is 30.3. The number of piperidine rings is 3. The summed E-state index contributed by atoms with van der Waals surface area (Å²) in [4.78, 5) is 13.0. The van der Waals surface area contributed by atoms with E-state index in [1.54, 1.807) is 25.7 Å². The molecule has 10 heterocycles. The minimum absolute atomic E-state index is 0. The highest BCUT2D eigenvalue weighted by Crippen LogP contribution is 2.57. The number of nitrogens with zero attached hydrogens (tertiary/aromatic N) is 5. The van der Waals surface area contributed by atoms with E-state index >= 15 is 0 Å². The lowest BCUT2D eigenvalue weighted by atomic mass is 9.75. The molecule has 0 amide bonds. The van der Waals surface area contributed by atoms with Crippen molar-refractivity contribution in [3.63, 3.8) is 0 Å². The smallest absolute Gasteiger partial charge is 0.0569 e. The third kappa shape index (κ3) is 20.6. The number of ether oxygens (including phenoxy) is 4. The van der Waals surface area contributed by atoms with Gasteiger partial charge >= 0.3 is 0 Å². The third-order valence-corrected chi connectivity index (χ3v) is 21.7. The van der Waals surface area contributed by atoms with Crippen LogP contribution in [0, 0.1) is 37.9 Å². The van der Waals surface area contributed by atoms with E-state index in [1.165, 1.54) is 154 Å². The van der Waals surface area contributed by atoms with Gasteiger partial charge < -0.3 is 18.9 Å². The van der Waals surface area contributed by atoms with Gasteiger partial charge in [0.25, 0.3) is 0 Å². The van der Waals surface area contributed by atoms with E-state index in [1.807, 2.05) is 0 Å². The van der Waals surface area contributed by atoms with Gasteiger partial charge in [0.1, 0.15) is 0 Å². The van der Waals surface area contributed by atoms with E-state index in [4.69, 9.17) is 18.9 Å². The summed E-state index contributed by atoms with van der Waals surface area (Å²) < 4.78 is 21.6. The van der Waals surface area contributed by atoms with Gasteiger partial charge in [-0.1, -0.05) is 48.0 Å². The molecular formula is C68H133N5O4S. The van der Waals surface area contributed by atoms with Gasteiger partial charge in [-0.3, -0.25) is 24.5 Å². The van der Waals surface area contributed by atoms with Crippen LogP contribution in [0.5, 0.6) is 0 Å². The number of likely N-dealkylation sites (tertiary alicyclic amines) is 5. The SMILES string of the molecule is C.C1CCC2(C1)CC2.CC(C)(C)C.CC(C)(C)N1CC2(COC2)C1.CC(C)(C)N1CCC2(CC1)COC2.CC(C)(C)N1CCC2(CCOC2)CC1.CC(C)(C)N1CCC2(CCSC2)C1.CC(C)(C)N1CCCC2(CCOC2)C1. The highest BCUT2D eigenvalue weighted by Gasteiger charge is 2.52. The zero-order valence-electron chi connectivity index (χ0n) is 54.7. The Kier molecular flexibility index (Phi) is 23.9. The van der Waals surface area contributed by atoms with Crippen molar-refractivity contribution in [2.75, 3.05) is 130 Å². The fourth-order valence-corrected chi connectivity index (χ4v) is 15.4. The predicted octanol–water partition coefficient (Wildman–Crippen LogP) is 15.2. The van der Waals surface area contributed by atoms with Crippen LogP contribution in [0.25, 0.3) is 0 Å². The molecule has 12 aliphatic rings. The molecule has 2 unspecified atom stereocenters. The first-order valence-electron chi connectivity index (χ1n) is 32.2. The molecule has 12 fully saturated rings. The average Bonchev–Trinajstić information content (AvgIpc) is 3.94. The lowest BCUT2D eigenvalue weighted by molar-refractivity contribution is -0.207. The molecule has 0 N–H and O–H groups in total. The van der Waals surface area contributed by atoms with Crippen molar-refractivity contribution in [3.8, 4) is 0 Å². The first-order chi connectivity index (χ1) is 35.5. The molecule has 2 saturated carbocycles. The second-order valence-electron chi connectivity index (χ2n) is 34.5. The quantitative estimate of drug-likeness (QED) is 0.234. The highest BCUT2D eigenvalue weighted by atomic mass is 32.2. The molecular weight excluding hydrogens is 983 g/mol. The highest BCUT2D eigenvalue weighted by molar-refractivity contribution is 7.99. The van der Waals surface area contributed by atoms with Crippen LogP contribution in [0.1, 0.15) is 242 Å². The predicted molar refractivity (Wildman–Crippen MR) is 338 cm³/mol. The molecule has 10 heteroatoms. The molecule has 10 aliphatic heterocycles. The van der Waals surface area contributed by atoms with Crippen molar-refractivity contribution >= 4 is 11.8 Å². The summed E-state index contributed by atoms with van der Waals surface area (Å²) in [6.45, 7) is 64.2. The van der Waals surface area contributed by atoms with Crippen molar-refractivity contribution in [1.29, 1.82) is 0 Å². The summed E-state index contributed by atoms with van der Waals surface area (Å²) in [5.41, 5.74) is 6.15. The maximum atomic E-state index is 5.57. The fraction of sp³-hybridized carbons (Fsp3) is 1.00. The Balaban J connectivity index is 0.000000170. The van der Waals surface area contributed by atoms with Crippen molar-refractivity contribution < 1.29 is 18.9 Å². The molecule has 0 aromatic heterocycles. The van der Waals surface area contributed by atoms with Gasteiger partial charge in [-0.2, -0.15) is 11.8 Å². The van der Waals surface area contributed by atoms with Gasteiger partial charge in [-0.25, -0.2) is 0 Å². The van der Waals surface area contributed by atoms with E-state index in [-0.39, 0.29) is 7.43 Å². The Hall–Kier alpha value is -0.0100. The molecule has 460 valence electrons. The average molecular weight is 1120 g/mol. The molecule has 10 saturated heterocycles. The summed E-state index contributed by atoms with van der Waals surface area (Å²) in [6.07, 6.45) is 22.9. The molecule has 78 heavy (non-hydrogen) atoms. The fourth-order valence-electron chi connectivity index (χ4n) is 13.9. The molecule has 2 atom stereocenters. The Morgan fingerprint density at radius 3 is 0.974 bits per heavy atom. The zero-order valence-corrected chi connectivity index (χ0v) is 55.5. The molecule has 0 aromatic rings. The van der Waals surface area contributed by atoms with Crippen LogP contribution in [0.15, 0.2) is 0 Å². The summed E-state index contributed by atoms with van der Waals surface area (Å²) in [5.74, 6) is 2.82. The summed E-state index contributed by atoms with van der Waals surface area (Å²) in [7, 11) is 0. The molecule has 12 rings (SSSR count). The number of hydrogen-bond acceptors (Lipinski definition) is 10. The van der Waals surface area contributed by atoms with Gasteiger partial charge in [0, 0.05) is 89.1 Å². The maximum absolute atomic E-state index is 5.57. The van der Waals surface area contributed by atoms with Crippen LogP contribution in [0.3, 0.4) is 0 Å². The van der Waals surface area contributed by atoms with Gasteiger partial charge in [0.05, 0.1) is 39.6 Å². The molecule has 0 bridgehead atoms.